The number of halogens is 1. The molecule has 2 aromatic rings. The molecule has 0 fully saturated rings. The summed E-state index contributed by atoms with van der Waals surface area (Å²) in [5.74, 6) is 0.790. The normalized spacial score (nSPS) is 10.4. The maximum absolute atomic E-state index is 5.32. The van der Waals surface area contributed by atoms with Gasteiger partial charge in [-0.3, -0.25) is 4.57 Å². The van der Waals surface area contributed by atoms with Crippen molar-refractivity contribution in [2.45, 2.75) is 6.92 Å². The third-order valence-electron chi connectivity index (χ3n) is 2.25. The Bertz CT molecular complexity index is 574. The first-order valence-corrected chi connectivity index (χ1v) is 5.94. The Morgan fingerprint density at radius 3 is 2.75 bits per heavy atom. The smallest absolute Gasteiger partial charge is 0.182 e. The van der Waals surface area contributed by atoms with Crippen LogP contribution in [0.25, 0.3) is 5.69 Å². The Hall–Kier alpha value is -1.07. The summed E-state index contributed by atoms with van der Waals surface area (Å²) >= 11 is 8.68. The molecular formula is C11H11BrN2OS. The highest BCUT2D eigenvalue weighted by atomic mass is 79.9. The number of nitrogens with zero attached hydrogens (tertiary/aromatic N) is 1. The predicted octanol–water partition coefficient (Wildman–Crippen LogP) is 3.61. The van der Waals surface area contributed by atoms with Gasteiger partial charge in [-0.15, -0.1) is 0 Å². The molecule has 0 unspecified atom stereocenters. The maximum Gasteiger partial charge on any atom is 0.182 e. The number of aromatic amines is 1. The SMILES string of the molecule is COc1ccc(Br)cc1-n1cc(C)[nH]c1=S. The predicted molar refractivity (Wildman–Crippen MR) is 69.9 cm³/mol. The lowest BCUT2D eigenvalue weighted by molar-refractivity contribution is 0.412. The number of nitrogens with one attached hydrogen (secondary N) is 1. The van der Waals surface area contributed by atoms with E-state index in [1.165, 1.54) is 0 Å². The fourth-order valence-electron chi connectivity index (χ4n) is 1.54. The molecule has 0 aliphatic rings. The molecule has 1 aromatic heterocycles. The topological polar surface area (TPSA) is 29.9 Å². The molecule has 0 aliphatic carbocycles. The van der Waals surface area contributed by atoms with E-state index in [-0.39, 0.29) is 0 Å². The van der Waals surface area contributed by atoms with Gasteiger partial charge < -0.3 is 9.72 Å². The molecule has 0 radical (unpaired) electrons. The zero-order valence-corrected chi connectivity index (χ0v) is 11.4. The summed E-state index contributed by atoms with van der Waals surface area (Å²) in [4.78, 5) is 3.08. The van der Waals surface area contributed by atoms with Gasteiger partial charge in [0.25, 0.3) is 0 Å². The van der Waals surface area contributed by atoms with Crippen LogP contribution in [0.2, 0.25) is 0 Å². The molecule has 0 amide bonds. The summed E-state index contributed by atoms with van der Waals surface area (Å²) in [5, 5.41) is 0. The Labute approximate surface area is 107 Å². The minimum absolute atomic E-state index is 0.661. The van der Waals surface area contributed by atoms with Crippen LogP contribution in [-0.2, 0) is 0 Å². The number of rotatable bonds is 2. The zero-order chi connectivity index (χ0) is 11.7. The molecule has 1 heterocycles. The van der Waals surface area contributed by atoms with Crippen molar-refractivity contribution in [3.63, 3.8) is 0 Å². The van der Waals surface area contributed by atoms with E-state index in [2.05, 4.69) is 20.9 Å². The summed E-state index contributed by atoms with van der Waals surface area (Å²) in [6, 6.07) is 5.82. The van der Waals surface area contributed by atoms with Crippen molar-refractivity contribution in [1.82, 2.24) is 9.55 Å². The van der Waals surface area contributed by atoms with E-state index in [9.17, 15) is 0 Å². The highest BCUT2D eigenvalue weighted by Gasteiger charge is 2.07. The van der Waals surface area contributed by atoms with Crippen molar-refractivity contribution in [3.05, 3.63) is 39.3 Å². The molecule has 16 heavy (non-hydrogen) atoms. The van der Waals surface area contributed by atoms with Crippen LogP contribution < -0.4 is 4.74 Å². The van der Waals surface area contributed by atoms with Crippen LogP contribution >= 0.6 is 28.1 Å². The lowest BCUT2D eigenvalue weighted by Gasteiger charge is -2.09. The second kappa shape index (κ2) is 4.43. The highest BCUT2D eigenvalue weighted by Crippen LogP contribution is 2.27. The number of imidazole rings is 1. The van der Waals surface area contributed by atoms with Crippen LogP contribution in [-0.4, -0.2) is 16.7 Å². The number of aryl methyl sites for hydroxylation is 1. The molecule has 1 N–H and O–H groups in total. The maximum atomic E-state index is 5.32. The van der Waals surface area contributed by atoms with Crippen molar-refractivity contribution in [2.75, 3.05) is 7.11 Å². The number of benzene rings is 1. The van der Waals surface area contributed by atoms with E-state index in [0.29, 0.717) is 4.77 Å². The molecule has 0 spiro atoms. The molecule has 5 heteroatoms. The average molecular weight is 299 g/mol. The van der Waals surface area contributed by atoms with Crippen LogP contribution in [0.15, 0.2) is 28.9 Å². The van der Waals surface area contributed by atoms with E-state index >= 15 is 0 Å². The number of methoxy groups -OCH3 is 1. The number of aromatic nitrogens is 2. The third kappa shape index (κ3) is 2.05. The fourth-order valence-corrected chi connectivity index (χ4v) is 2.20. The van der Waals surface area contributed by atoms with Gasteiger partial charge in [-0.2, -0.15) is 0 Å². The van der Waals surface area contributed by atoms with Crippen molar-refractivity contribution < 1.29 is 4.74 Å². The second-order valence-electron chi connectivity index (χ2n) is 3.43. The van der Waals surface area contributed by atoms with Crippen LogP contribution in [0.1, 0.15) is 5.69 Å². The van der Waals surface area contributed by atoms with Crippen LogP contribution in [0.4, 0.5) is 0 Å². The third-order valence-corrected chi connectivity index (χ3v) is 3.04. The molecule has 0 saturated heterocycles. The Morgan fingerprint density at radius 2 is 2.19 bits per heavy atom. The number of hydrogen-bond acceptors (Lipinski definition) is 2. The Morgan fingerprint density at radius 1 is 1.44 bits per heavy atom. The first-order chi connectivity index (χ1) is 7.61. The first-order valence-electron chi connectivity index (χ1n) is 4.74. The number of H-pyrrole nitrogens is 1. The Kier molecular flexibility index (Phi) is 3.16. The summed E-state index contributed by atoms with van der Waals surface area (Å²) in [5.41, 5.74) is 1.94. The van der Waals surface area contributed by atoms with Crippen LogP contribution in [0, 0.1) is 11.7 Å². The van der Waals surface area contributed by atoms with Crippen molar-refractivity contribution in [3.8, 4) is 11.4 Å². The molecule has 0 aliphatic heterocycles. The molecule has 1 aromatic carbocycles. The van der Waals surface area contributed by atoms with Crippen molar-refractivity contribution in [1.29, 1.82) is 0 Å². The summed E-state index contributed by atoms with van der Waals surface area (Å²) in [7, 11) is 1.65. The quantitative estimate of drug-likeness (QED) is 0.858. The van der Waals surface area contributed by atoms with Gasteiger partial charge in [0.1, 0.15) is 5.75 Å². The second-order valence-corrected chi connectivity index (χ2v) is 4.73. The first kappa shape index (κ1) is 11.4. The summed E-state index contributed by atoms with van der Waals surface area (Å²) in [6.45, 7) is 1.97. The lowest BCUT2D eigenvalue weighted by Crippen LogP contribution is -1.96. The molecular weight excluding hydrogens is 288 g/mol. The van der Waals surface area contributed by atoms with Gasteiger partial charge in [-0.1, -0.05) is 15.9 Å². The van der Waals surface area contributed by atoms with Gasteiger partial charge in [-0.25, -0.2) is 0 Å². The van der Waals surface area contributed by atoms with E-state index in [0.717, 1.165) is 21.6 Å². The van der Waals surface area contributed by atoms with Gasteiger partial charge in [0.05, 0.1) is 12.8 Å². The molecule has 2 rings (SSSR count). The molecule has 3 nitrogen and oxygen atoms in total. The van der Waals surface area contributed by atoms with E-state index in [4.69, 9.17) is 17.0 Å². The van der Waals surface area contributed by atoms with Crippen molar-refractivity contribution in [2.24, 2.45) is 0 Å². The van der Waals surface area contributed by atoms with Crippen LogP contribution in [0.3, 0.4) is 0 Å². The Balaban J connectivity index is 2.67. The van der Waals surface area contributed by atoms with Gasteiger partial charge >= 0.3 is 0 Å². The molecule has 0 atom stereocenters. The van der Waals surface area contributed by atoms with E-state index in [1.807, 2.05) is 35.9 Å². The minimum atomic E-state index is 0.661. The van der Waals surface area contributed by atoms with E-state index in [1.54, 1.807) is 7.11 Å². The lowest BCUT2D eigenvalue weighted by atomic mass is 10.3. The average Bonchev–Trinajstić information content (AvgIpc) is 2.57. The fraction of sp³-hybridized carbons (Fsp3) is 0.182. The summed E-state index contributed by atoms with van der Waals surface area (Å²) < 4.78 is 8.87. The molecule has 0 bridgehead atoms. The van der Waals surface area contributed by atoms with Gasteiger partial charge in [-0.05, 0) is 37.3 Å². The highest BCUT2D eigenvalue weighted by molar-refractivity contribution is 9.10. The standard InChI is InChI=1S/C11H11BrN2OS/c1-7-6-14(11(16)13-7)9-5-8(12)3-4-10(9)15-2/h3-6H,1-2H3,(H,13,16). The summed E-state index contributed by atoms with van der Waals surface area (Å²) in [6.07, 6.45) is 1.95. The van der Waals surface area contributed by atoms with Crippen molar-refractivity contribution >= 4 is 28.1 Å². The largest absolute Gasteiger partial charge is 0.495 e. The van der Waals surface area contributed by atoms with Gasteiger partial charge in [0.2, 0.25) is 0 Å². The van der Waals surface area contributed by atoms with Crippen LogP contribution in [0.5, 0.6) is 5.75 Å². The monoisotopic (exact) mass is 298 g/mol. The van der Waals surface area contributed by atoms with E-state index < -0.39 is 0 Å². The van der Waals surface area contributed by atoms with Gasteiger partial charge in [0, 0.05) is 16.4 Å². The minimum Gasteiger partial charge on any atom is -0.495 e. The zero-order valence-electron chi connectivity index (χ0n) is 8.95. The number of hydrogen-bond donors (Lipinski definition) is 1. The number of ether oxygens (including phenoxy) is 1. The molecule has 84 valence electrons. The van der Waals surface area contributed by atoms with Gasteiger partial charge in [0.15, 0.2) is 4.77 Å². The molecule has 0 saturated carbocycles.